The normalized spacial score (nSPS) is 15.0. The second-order valence-electron chi connectivity index (χ2n) is 5.79. The lowest BCUT2D eigenvalue weighted by Gasteiger charge is -2.08. The number of nitrogens with two attached hydrogens (primary N) is 1. The number of hydrogen-bond acceptors (Lipinski definition) is 2. The minimum absolute atomic E-state index is 0. The maximum absolute atomic E-state index is 6.10. The number of guanidine groups is 1. The van der Waals surface area contributed by atoms with Gasteiger partial charge in [0, 0.05) is 5.56 Å². The molecule has 0 aliphatic heterocycles. The van der Waals surface area contributed by atoms with E-state index >= 15 is 0 Å². The van der Waals surface area contributed by atoms with Crippen molar-refractivity contribution in [1.82, 2.24) is 5.43 Å². The van der Waals surface area contributed by atoms with Gasteiger partial charge in [0.1, 0.15) is 5.69 Å². The van der Waals surface area contributed by atoms with E-state index in [1.165, 1.54) is 22.3 Å². The molecule has 0 atom stereocenters. The van der Waals surface area contributed by atoms with Crippen molar-refractivity contribution in [2.45, 2.75) is 26.7 Å². The topological polar surface area (TPSA) is 62.8 Å². The molecule has 1 aliphatic rings. The molecule has 25 heavy (non-hydrogen) atoms. The molecule has 0 heterocycles. The van der Waals surface area contributed by atoms with Gasteiger partial charge in [-0.1, -0.05) is 41.4 Å². The second-order valence-corrected chi connectivity index (χ2v) is 6.60. The summed E-state index contributed by atoms with van der Waals surface area (Å²) in [5.74, 6) is 0.149. The van der Waals surface area contributed by atoms with Gasteiger partial charge in [0.25, 0.3) is 0 Å². The standard InChI is InChI=1S/C18H18Cl2N4.ClH/c1-10-6-7-11(2)16-12(10)8-9-15(16)23-24-18(21)22-17-13(19)4-3-5-14(17)20;/h3-7H,8-9H2,1-2H3,(H3,21,22,24);1H. The molecule has 3 rings (SSSR count). The largest absolute Gasteiger partial charge is 0.368 e. The summed E-state index contributed by atoms with van der Waals surface area (Å²) in [6.45, 7) is 4.23. The van der Waals surface area contributed by atoms with Crippen molar-refractivity contribution in [2.75, 3.05) is 0 Å². The number of hydrazone groups is 1. The van der Waals surface area contributed by atoms with E-state index in [2.05, 4.69) is 41.5 Å². The third kappa shape index (κ3) is 4.09. The molecular formula is C18H19Cl3N4. The molecule has 0 saturated carbocycles. The molecule has 0 radical (unpaired) electrons. The van der Waals surface area contributed by atoms with Crippen LogP contribution in [0.3, 0.4) is 0 Å². The minimum Gasteiger partial charge on any atom is -0.368 e. The van der Waals surface area contributed by atoms with Crippen molar-refractivity contribution in [2.24, 2.45) is 15.8 Å². The third-order valence-electron chi connectivity index (χ3n) is 4.13. The van der Waals surface area contributed by atoms with Crippen molar-refractivity contribution < 1.29 is 0 Å². The zero-order valence-electron chi connectivity index (χ0n) is 13.9. The van der Waals surface area contributed by atoms with E-state index in [0.717, 1.165) is 18.6 Å². The van der Waals surface area contributed by atoms with Crippen LogP contribution in [0.15, 0.2) is 40.4 Å². The Morgan fingerprint density at radius 3 is 2.36 bits per heavy atom. The Morgan fingerprint density at radius 2 is 1.68 bits per heavy atom. The maximum Gasteiger partial charge on any atom is 0.214 e. The number of para-hydroxylation sites is 1. The minimum atomic E-state index is 0. The van der Waals surface area contributed by atoms with Crippen LogP contribution in [0.25, 0.3) is 0 Å². The van der Waals surface area contributed by atoms with Gasteiger partial charge in [0.15, 0.2) is 0 Å². The van der Waals surface area contributed by atoms with Crippen molar-refractivity contribution >= 4 is 53.0 Å². The van der Waals surface area contributed by atoms with Gasteiger partial charge in [-0.3, -0.25) is 0 Å². The Bertz CT molecular complexity index is 839. The zero-order valence-corrected chi connectivity index (χ0v) is 16.3. The summed E-state index contributed by atoms with van der Waals surface area (Å²) in [5.41, 5.74) is 15.3. The molecule has 3 N–H and O–H groups in total. The van der Waals surface area contributed by atoms with Gasteiger partial charge in [0.2, 0.25) is 5.96 Å². The van der Waals surface area contributed by atoms with E-state index in [1.807, 2.05) is 0 Å². The SMILES string of the molecule is Cc1ccc(C)c2c1CCC2=NNC(N)=Nc1c(Cl)cccc1Cl.Cl. The van der Waals surface area contributed by atoms with Crippen LogP contribution < -0.4 is 11.2 Å². The van der Waals surface area contributed by atoms with Gasteiger partial charge in [-0.05, 0) is 55.5 Å². The number of nitrogens with zero attached hydrogens (tertiary/aromatic N) is 2. The highest BCUT2D eigenvalue weighted by molar-refractivity contribution is 6.38. The van der Waals surface area contributed by atoms with Crippen LogP contribution in [0, 0.1) is 13.8 Å². The predicted octanol–water partition coefficient (Wildman–Crippen LogP) is 4.92. The van der Waals surface area contributed by atoms with Crippen LogP contribution in [0.2, 0.25) is 10.0 Å². The Labute approximate surface area is 163 Å². The number of halogens is 3. The van der Waals surface area contributed by atoms with Crippen LogP contribution in [-0.4, -0.2) is 11.7 Å². The van der Waals surface area contributed by atoms with Crippen molar-refractivity contribution in [3.8, 4) is 0 Å². The average molecular weight is 398 g/mol. The lowest BCUT2D eigenvalue weighted by molar-refractivity contribution is 0.984. The summed E-state index contributed by atoms with van der Waals surface area (Å²) in [6.07, 6.45) is 1.88. The van der Waals surface area contributed by atoms with E-state index in [1.54, 1.807) is 18.2 Å². The first-order valence-electron chi connectivity index (χ1n) is 7.67. The predicted molar refractivity (Wildman–Crippen MR) is 109 cm³/mol. The van der Waals surface area contributed by atoms with E-state index in [9.17, 15) is 0 Å². The highest BCUT2D eigenvalue weighted by Gasteiger charge is 2.21. The van der Waals surface area contributed by atoms with E-state index in [-0.39, 0.29) is 18.4 Å². The summed E-state index contributed by atoms with van der Waals surface area (Å²) >= 11 is 12.2. The monoisotopic (exact) mass is 396 g/mol. The molecule has 0 amide bonds. The lowest BCUT2D eigenvalue weighted by atomic mass is 9.99. The molecule has 2 aromatic rings. The van der Waals surface area contributed by atoms with Gasteiger partial charge in [-0.15, -0.1) is 12.4 Å². The molecule has 0 unspecified atom stereocenters. The van der Waals surface area contributed by atoms with Crippen LogP contribution in [0.1, 0.15) is 28.7 Å². The molecule has 0 spiro atoms. The van der Waals surface area contributed by atoms with Crippen LogP contribution in [-0.2, 0) is 6.42 Å². The summed E-state index contributed by atoms with van der Waals surface area (Å²) in [7, 11) is 0. The number of nitrogens with one attached hydrogen (secondary N) is 1. The summed E-state index contributed by atoms with van der Waals surface area (Å²) in [4.78, 5) is 4.23. The fourth-order valence-corrected chi connectivity index (χ4v) is 3.42. The van der Waals surface area contributed by atoms with Gasteiger partial charge in [0.05, 0.1) is 15.8 Å². The smallest absolute Gasteiger partial charge is 0.214 e. The van der Waals surface area contributed by atoms with Gasteiger partial charge in [-0.25, -0.2) is 10.4 Å². The van der Waals surface area contributed by atoms with Gasteiger partial charge < -0.3 is 5.73 Å². The van der Waals surface area contributed by atoms with E-state index in [0.29, 0.717) is 15.7 Å². The molecule has 132 valence electrons. The summed E-state index contributed by atoms with van der Waals surface area (Å²) in [6, 6.07) is 9.46. The average Bonchev–Trinajstić information content (AvgIpc) is 2.98. The first-order chi connectivity index (χ1) is 11.5. The van der Waals surface area contributed by atoms with E-state index in [4.69, 9.17) is 28.9 Å². The van der Waals surface area contributed by atoms with Gasteiger partial charge >= 0.3 is 0 Å². The van der Waals surface area contributed by atoms with Crippen molar-refractivity contribution in [3.05, 3.63) is 62.6 Å². The van der Waals surface area contributed by atoms with Crippen LogP contribution >= 0.6 is 35.6 Å². The fourth-order valence-electron chi connectivity index (χ4n) is 2.94. The molecule has 4 nitrogen and oxygen atoms in total. The fraction of sp³-hybridized carbons (Fsp3) is 0.222. The Kier molecular flexibility index (Phi) is 6.33. The number of benzene rings is 2. The molecule has 1 aliphatic carbocycles. The number of aliphatic imine (C=N–C) groups is 1. The zero-order chi connectivity index (χ0) is 17.3. The summed E-state index contributed by atoms with van der Waals surface area (Å²) in [5, 5.41) is 5.33. The number of rotatable bonds is 2. The van der Waals surface area contributed by atoms with Crippen LogP contribution in [0.4, 0.5) is 5.69 Å². The van der Waals surface area contributed by atoms with Crippen molar-refractivity contribution in [1.29, 1.82) is 0 Å². The number of aryl methyl sites for hydroxylation is 2. The lowest BCUT2D eigenvalue weighted by Crippen LogP contribution is -2.28. The number of fused-ring (bicyclic) bond motifs is 1. The quantitative estimate of drug-likeness (QED) is 0.429. The highest BCUT2D eigenvalue weighted by Crippen LogP contribution is 2.32. The Hall–Kier alpha value is -1.75. The van der Waals surface area contributed by atoms with E-state index < -0.39 is 0 Å². The third-order valence-corrected chi connectivity index (χ3v) is 4.74. The summed E-state index contributed by atoms with van der Waals surface area (Å²) < 4.78 is 0. The molecule has 7 heteroatoms. The van der Waals surface area contributed by atoms with Gasteiger partial charge in [-0.2, -0.15) is 5.10 Å². The number of hydrogen-bond donors (Lipinski definition) is 2. The first kappa shape index (κ1) is 19.6. The highest BCUT2D eigenvalue weighted by atomic mass is 35.5. The van der Waals surface area contributed by atoms with Crippen LogP contribution in [0.5, 0.6) is 0 Å². The molecule has 0 aromatic heterocycles. The molecule has 0 saturated heterocycles. The molecule has 0 bridgehead atoms. The molecule has 0 fully saturated rings. The molecule has 2 aromatic carbocycles. The molecular weight excluding hydrogens is 379 g/mol. The second kappa shape index (κ2) is 8.09. The Morgan fingerprint density at radius 1 is 1.04 bits per heavy atom. The first-order valence-corrected chi connectivity index (χ1v) is 8.43. The maximum atomic E-state index is 6.10. The van der Waals surface area contributed by atoms with Crippen molar-refractivity contribution in [3.63, 3.8) is 0 Å². The Balaban J connectivity index is 0.00000225.